The molecular formula is C33H37ClN2O3. The van der Waals surface area contributed by atoms with Crippen LogP contribution in [0.1, 0.15) is 47.6 Å². The van der Waals surface area contributed by atoms with Crippen molar-refractivity contribution in [3.05, 3.63) is 94.1 Å². The van der Waals surface area contributed by atoms with E-state index in [4.69, 9.17) is 25.8 Å². The van der Waals surface area contributed by atoms with Gasteiger partial charge in [-0.05, 0) is 90.6 Å². The zero-order chi connectivity index (χ0) is 26.6. The summed E-state index contributed by atoms with van der Waals surface area (Å²) in [5.41, 5.74) is 6.35. The molecule has 0 aliphatic carbocycles. The van der Waals surface area contributed by atoms with Gasteiger partial charge in [0.15, 0.2) is 11.5 Å². The van der Waals surface area contributed by atoms with Crippen molar-refractivity contribution in [3.63, 3.8) is 0 Å². The van der Waals surface area contributed by atoms with Crippen molar-refractivity contribution >= 4 is 22.5 Å². The summed E-state index contributed by atoms with van der Waals surface area (Å²) in [6.45, 7) is 4.46. The number of rotatable bonds is 9. The van der Waals surface area contributed by atoms with E-state index in [9.17, 15) is 0 Å². The normalized spacial score (nSPS) is 18.3. The second-order valence-corrected chi connectivity index (χ2v) is 11.3. The van der Waals surface area contributed by atoms with Crippen LogP contribution in [0.4, 0.5) is 0 Å². The zero-order valence-electron chi connectivity index (χ0n) is 22.6. The Hall–Kier alpha value is -2.99. The van der Waals surface area contributed by atoms with E-state index in [0.29, 0.717) is 18.6 Å². The highest BCUT2D eigenvalue weighted by Crippen LogP contribution is 2.41. The summed E-state index contributed by atoms with van der Waals surface area (Å²) in [7, 11) is 1.74. The second-order valence-electron chi connectivity index (χ2n) is 10.8. The standard InChI is InChI=1S/C33H37ClN2O3/c1-37-32-19-29-25(17-33(32)39-22-24-5-3-2-4-6-24)11-14-36(21-23-12-15-38-16-13-23)31(29)10-7-26-20-35-30-9-8-27(34)18-28(26)30/h2-6,8-9,17-20,23,31,35H,7,10-16,21-22H2,1H3. The summed E-state index contributed by atoms with van der Waals surface area (Å²) in [5.74, 6) is 2.31. The van der Waals surface area contributed by atoms with E-state index in [1.54, 1.807) is 7.11 Å². The summed E-state index contributed by atoms with van der Waals surface area (Å²) >= 11 is 6.35. The van der Waals surface area contributed by atoms with Gasteiger partial charge >= 0.3 is 0 Å². The third-order valence-corrected chi connectivity index (χ3v) is 8.62. The Morgan fingerprint density at radius 2 is 1.87 bits per heavy atom. The molecular weight excluding hydrogens is 508 g/mol. The number of H-pyrrole nitrogens is 1. The fourth-order valence-corrected chi connectivity index (χ4v) is 6.41. The van der Waals surface area contributed by atoms with Gasteiger partial charge in [-0.2, -0.15) is 0 Å². The number of hydrogen-bond acceptors (Lipinski definition) is 4. The molecule has 1 unspecified atom stereocenters. The largest absolute Gasteiger partial charge is 0.493 e. The summed E-state index contributed by atoms with van der Waals surface area (Å²) in [5, 5.41) is 2.00. The molecule has 204 valence electrons. The molecule has 1 saturated heterocycles. The van der Waals surface area contributed by atoms with Crippen LogP contribution >= 0.6 is 11.6 Å². The predicted molar refractivity (Wildman–Crippen MR) is 157 cm³/mol. The molecule has 0 radical (unpaired) electrons. The molecule has 3 heterocycles. The quantitative estimate of drug-likeness (QED) is 0.239. The van der Waals surface area contributed by atoms with Crippen molar-refractivity contribution in [2.75, 3.05) is 33.4 Å². The molecule has 1 atom stereocenters. The van der Waals surface area contributed by atoms with Crippen molar-refractivity contribution in [2.24, 2.45) is 5.92 Å². The number of methoxy groups -OCH3 is 1. The molecule has 3 aromatic carbocycles. The predicted octanol–water partition coefficient (Wildman–Crippen LogP) is 7.37. The smallest absolute Gasteiger partial charge is 0.161 e. The third kappa shape index (κ3) is 5.96. The number of ether oxygens (including phenoxy) is 3. The van der Waals surface area contributed by atoms with E-state index in [2.05, 4.69) is 52.5 Å². The maximum absolute atomic E-state index is 6.35. The van der Waals surface area contributed by atoms with E-state index in [0.717, 1.165) is 86.0 Å². The molecule has 2 aliphatic heterocycles. The van der Waals surface area contributed by atoms with E-state index < -0.39 is 0 Å². The van der Waals surface area contributed by atoms with Crippen molar-refractivity contribution < 1.29 is 14.2 Å². The van der Waals surface area contributed by atoms with Gasteiger partial charge in [0.25, 0.3) is 0 Å². The SMILES string of the molecule is COc1cc2c(cc1OCc1ccccc1)CCN(CC1CCOCC1)C2CCc1c[nH]c2ccc(Cl)cc12. The first-order valence-electron chi connectivity index (χ1n) is 14.1. The average molecular weight is 545 g/mol. The number of benzene rings is 3. The molecule has 6 heteroatoms. The molecule has 0 amide bonds. The van der Waals surface area contributed by atoms with Crippen molar-refractivity contribution in [2.45, 2.75) is 44.8 Å². The van der Waals surface area contributed by atoms with Gasteiger partial charge in [-0.15, -0.1) is 0 Å². The fraction of sp³-hybridized carbons (Fsp3) is 0.394. The monoisotopic (exact) mass is 544 g/mol. The van der Waals surface area contributed by atoms with Gasteiger partial charge in [-0.25, -0.2) is 0 Å². The molecule has 0 bridgehead atoms. The first-order chi connectivity index (χ1) is 19.2. The lowest BCUT2D eigenvalue weighted by Crippen LogP contribution is -2.40. The number of hydrogen-bond donors (Lipinski definition) is 1. The summed E-state index contributed by atoms with van der Waals surface area (Å²) in [6.07, 6.45) is 7.46. The number of fused-ring (bicyclic) bond motifs is 2. The summed E-state index contributed by atoms with van der Waals surface area (Å²) < 4.78 is 17.8. The lowest BCUT2D eigenvalue weighted by atomic mass is 9.87. The minimum atomic E-state index is 0.317. The Labute approximate surface area is 236 Å². The maximum atomic E-state index is 6.35. The van der Waals surface area contributed by atoms with Crippen molar-refractivity contribution in [1.82, 2.24) is 9.88 Å². The van der Waals surface area contributed by atoms with E-state index in [1.165, 1.54) is 22.1 Å². The Morgan fingerprint density at radius 3 is 2.69 bits per heavy atom. The highest BCUT2D eigenvalue weighted by molar-refractivity contribution is 6.31. The van der Waals surface area contributed by atoms with Crippen LogP contribution in [0.2, 0.25) is 5.02 Å². The Balaban J connectivity index is 1.28. The molecule has 2 aliphatic rings. The van der Waals surface area contributed by atoms with E-state index >= 15 is 0 Å². The Bertz CT molecular complexity index is 1400. The highest BCUT2D eigenvalue weighted by Gasteiger charge is 2.31. The minimum Gasteiger partial charge on any atom is -0.493 e. The van der Waals surface area contributed by atoms with Crippen LogP contribution in [-0.2, 0) is 24.2 Å². The van der Waals surface area contributed by atoms with Crippen LogP contribution in [0.5, 0.6) is 11.5 Å². The van der Waals surface area contributed by atoms with Gasteiger partial charge < -0.3 is 19.2 Å². The molecule has 0 spiro atoms. The summed E-state index contributed by atoms with van der Waals surface area (Å²) in [6, 6.07) is 21.2. The van der Waals surface area contributed by atoms with Crippen LogP contribution < -0.4 is 9.47 Å². The van der Waals surface area contributed by atoms with Gasteiger partial charge in [0, 0.05) is 54.5 Å². The first-order valence-corrected chi connectivity index (χ1v) is 14.5. The number of aromatic amines is 1. The molecule has 6 rings (SSSR count). The van der Waals surface area contributed by atoms with Gasteiger partial charge in [0.1, 0.15) is 6.61 Å². The lowest BCUT2D eigenvalue weighted by molar-refractivity contribution is 0.0423. The number of nitrogens with zero attached hydrogens (tertiary/aromatic N) is 1. The Morgan fingerprint density at radius 1 is 1.03 bits per heavy atom. The number of aryl methyl sites for hydroxylation is 1. The maximum Gasteiger partial charge on any atom is 0.161 e. The van der Waals surface area contributed by atoms with E-state index in [-0.39, 0.29) is 0 Å². The van der Waals surface area contributed by atoms with Gasteiger partial charge in [-0.3, -0.25) is 4.90 Å². The summed E-state index contributed by atoms with van der Waals surface area (Å²) in [4.78, 5) is 6.14. The van der Waals surface area contributed by atoms with Crippen molar-refractivity contribution in [3.8, 4) is 11.5 Å². The minimum absolute atomic E-state index is 0.317. The van der Waals surface area contributed by atoms with Gasteiger partial charge in [0.05, 0.1) is 7.11 Å². The third-order valence-electron chi connectivity index (χ3n) is 8.38. The molecule has 1 N–H and O–H groups in total. The highest BCUT2D eigenvalue weighted by atomic mass is 35.5. The molecule has 39 heavy (non-hydrogen) atoms. The number of halogens is 1. The number of nitrogens with one attached hydrogen (secondary N) is 1. The molecule has 4 aromatic rings. The lowest BCUT2D eigenvalue weighted by Gasteiger charge is -2.40. The van der Waals surface area contributed by atoms with Crippen molar-refractivity contribution in [1.29, 1.82) is 0 Å². The molecule has 0 saturated carbocycles. The van der Waals surface area contributed by atoms with E-state index in [1.807, 2.05) is 24.3 Å². The first kappa shape index (κ1) is 26.2. The number of aromatic nitrogens is 1. The van der Waals surface area contributed by atoms with Crippen LogP contribution in [0, 0.1) is 5.92 Å². The molecule has 1 fully saturated rings. The molecule has 5 nitrogen and oxygen atoms in total. The van der Waals surface area contributed by atoms with Gasteiger partial charge in [0.2, 0.25) is 0 Å². The van der Waals surface area contributed by atoms with Gasteiger partial charge in [-0.1, -0.05) is 41.9 Å². The van der Waals surface area contributed by atoms with Crippen LogP contribution in [0.15, 0.2) is 66.9 Å². The molecule has 1 aromatic heterocycles. The van der Waals surface area contributed by atoms with Crippen LogP contribution in [0.3, 0.4) is 0 Å². The zero-order valence-corrected chi connectivity index (χ0v) is 23.4. The fourth-order valence-electron chi connectivity index (χ4n) is 6.24. The van der Waals surface area contributed by atoms with Crippen LogP contribution in [0.25, 0.3) is 10.9 Å². The topological polar surface area (TPSA) is 46.7 Å². The average Bonchev–Trinajstić information content (AvgIpc) is 3.38. The van der Waals surface area contributed by atoms with Crippen LogP contribution in [-0.4, -0.2) is 43.3 Å². The Kier molecular flexibility index (Phi) is 8.10. The second kappa shape index (κ2) is 12.0.